The van der Waals surface area contributed by atoms with Gasteiger partial charge in [-0.05, 0) is 36.8 Å². The van der Waals surface area contributed by atoms with E-state index < -0.39 is 0 Å². The minimum Gasteiger partial charge on any atom is -0.335 e. The number of aromatic nitrogens is 3. The fraction of sp³-hybridized carbons (Fsp3) is 0.125. The Bertz CT molecular complexity index is 819. The number of rotatable bonds is 4. The van der Waals surface area contributed by atoms with Crippen LogP contribution in [0.1, 0.15) is 17.7 Å². The lowest BCUT2D eigenvalue weighted by Gasteiger charge is -2.11. The van der Waals surface area contributed by atoms with E-state index in [0.717, 1.165) is 11.1 Å². The van der Waals surface area contributed by atoms with Gasteiger partial charge in [0.15, 0.2) is 5.82 Å². The molecule has 0 spiro atoms. The largest absolute Gasteiger partial charge is 0.335 e. The van der Waals surface area contributed by atoms with Gasteiger partial charge in [-0.2, -0.15) is 0 Å². The van der Waals surface area contributed by atoms with Gasteiger partial charge in [-0.25, -0.2) is 9.07 Å². The van der Waals surface area contributed by atoms with E-state index in [-0.39, 0.29) is 11.1 Å². The van der Waals surface area contributed by atoms with Crippen LogP contribution in [0.4, 0.5) is 4.39 Å². The number of hydrogen-bond donors (Lipinski definition) is 1. The summed E-state index contributed by atoms with van der Waals surface area (Å²) in [5, 5.41) is 9.53. The van der Waals surface area contributed by atoms with E-state index in [4.69, 9.17) is 17.4 Å². The maximum atomic E-state index is 13.0. The molecule has 0 aliphatic carbocycles. The van der Waals surface area contributed by atoms with Gasteiger partial charge in [0, 0.05) is 15.8 Å². The molecule has 0 aliphatic heterocycles. The molecule has 2 aromatic carbocycles. The third-order valence-electron chi connectivity index (χ3n) is 3.37. The zero-order valence-electron chi connectivity index (χ0n) is 12.3. The lowest BCUT2D eigenvalue weighted by atomic mass is 10.2. The van der Waals surface area contributed by atoms with E-state index in [1.54, 1.807) is 24.3 Å². The van der Waals surface area contributed by atoms with Gasteiger partial charge in [0.25, 0.3) is 0 Å². The smallest absolute Gasteiger partial charge is 0.210 e. The highest BCUT2D eigenvalue weighted by Gasteiger charge is 2.16. The molecule has 0 radical (unpaired) electrons. The van der Waals surface area contributed by atoms with Gasteiger partial charge >= 0.3 is 0 Å². The monoisotopic (exact) mass is 348 g/mol. The lowest BCUT2D eigenvalue weighted by Crippen LogP contribution is -2.12. The molecular formula is C16H14ClFN4S. The van der Waals surface area contributed by atoms with Crippen LogP contribution in [0.15, 0.2) is 53.7 Å². The first-order chi connectivity index (χ1) is 11.0. The Hall–Kier alpha value is -2.05. The number of nitrogens with two attached hydrogens (primary N) is 1. The van der Waals surface area contributed by atoms with Gasteiger partial charge in [-0.1, -0.05) is 47.6 Å². The lowest BCUT2D eigenvalue weighted by molar-refractivity contribution is 0.627. The summed E-state index contributed by atoms with van der Waals surface area (Å²) in [6.07, 6.45) is 0. The Morgan fingerprint density at radius 1 is 1.17 bits per heavy atom. The summed E-state index contributed by atoms with van der Waals surface area (Å²) in [6.45, 7) is 2.01. The SMILES string of the molecule is CC(Sc1nnc(-c2cccc(Cl)c2)n1N)c1ccc(F)cc1. The summed E-state index contributed by atoms with van der Waals surface area (Å²) in [7, 11) is 0. The zero-order chi connectivity index (χ0) is 16.4. The summed E-state index contributed by atoms with van der Waals surface area (Å²) < 4.78 is 14.4. The molecule has 0 saturated heterocycles. The summed E-state index contributed by atoms with van der Waals surface area (Å²) >= 11 is 7.45. The fourth-order valence-electron chi connectivity index (χ4n) is 2.14. The first-order valence-electron chi connectivity index (χ1n) is 6.93. The third kappa shape index (κ3) is 3.48. The molecule has 3 aromatic rings. The molecule has 0 aliphatic rings. The highest BCUT2D eigenvalue weighted by molar-refractivity contribution is 7.99. The van der Waals surface area contributed by atoms with Gasteiger partial charge < -0.3 is 5.84 Å². The van der Waals surface area contributed by atoms with Crippen LogP contribution in [0.2, 0.25) is 5.02 Å². The van der Waals surface area contributed by atoms with Crippen LogP contribution in [0.25, 0.3) is 11.4 Å². The van der Waals surface area contributed by atoms with E-state index >= 15 is 0 Å². The maximum Gasteiger partial charge on any atom is 0.210 e. The standard InChI is InChI=1S/C16H14ClFN4S/c1-10(11-5-7-14(18)8-6-11)23-16-21-20-15(22(16)19)12-3-2-4-13(17)9-12/h2-10H,19H2,1H3. The number of halogens is 2. The number of benzene rings is 2. The van der Waals surface area contributed by atoms with Crippen molar-refractivity contribution in [3.8, 4) is 11.4 Å². The molecule has 0 fully saturated rings. The second-order valence-corrected chi connectivity index (χ2v) is 6.74. The van der Waals surface area contributed by atoms with Crippen molar-refractivity contribution in [3.63, 3.8) is 0 Å². The average molecular weight is 349 g/mol. The molecule has 7 heteroatoms. The van der Waals surface area contributed by atoms with Crippen LogP contribution < -0.4 is 5.84 Å². The highest BCUT2D eigenvalue weighted by atomic mass is 35.5. The van der Waals surface area contributed by atoms with Crippen molar-refractivity contribution < 1.29 is 4.39 Å². The fourth-order valence-corrected chi connectivity index (χ4v) is 3.23. The molecule has 2 N–H and O–H groups in total. The molecule has 3 rings (SSSR count). The minimum absolute atomic E-state index is 0.0642. The molecule has 1 aromatic heterocycles. The number of nitrogens with zero attached hydrogens (tertiary/aromatic N) is 3. The van der Waals surface area contributed by atoms with Crippen LogP contribution in [0.5, 0.6) is 0 Å². The Morgan fingerprint density at radius 3 is 2.61 bits per heavy atom. The second kappa shape index (κ2) is 6.60. The molecule has 0 saturated carbocycles. The van der Waals surface area contributed by atoms with Gasteiger partial charge in [-0.3, -0.25) is 0 Å². The number of hydrogen-bond acceptors (Lipinski definition) is 4. The molecule has 23 heavy (non-hydrogen) atoms. The van der Waals surface area contributed by atoms with E-state index in [2.05, 4.69) is 10.2 Å². The first kappa shape index (κ1) is 15.8. The van der Waals surface area contributed by atoms with Crippen LogP contribution in [-0.4, -0.2) is 14.9 Å². The minimum atomic E-state index is -0.254. The first-order valence-corrected chi connectivity index (χ1v) is 8.19. The van der Waals surface area contributed by atoms with Crippen LogP contribution in [0.3, 0.4) is 0 Å². The van der Waals surface area contributed by atoms with E-state index in [1.807, 2.05) is 19.1 Å². The molecular weight excluding hydrogens is 335 g/mol. The predicted octanol–water partition coefficient (Wildman–Crippen LogP) is 4.30. The molecule has 1 atom stereocenters. The van der Waals surface area contributed by atoms with Crippen molar-refractivity contribution in [2.45, 2.75) is 17.3 Å². The molecule has 4 nitrogen and oxygen atoms in total. The van der Waals surface area contributed by atoms with E-state index in [1.165, 1.54) is 28.6 Å². The zero-order valence-corrected chi connectivity index (χ0v) is 13.9. The van der Waals surface area contributed by atoms with Crippen molar-refractivity contribution in [1.82, 2.24) is 14.9 Å². The summed E-state index contributed by atoms with van der Waals surface area (Å²) in [6, 6.07) is 13.7. The molecule has 1 heterocycles. The quantitative estimate of drug-likeness (QED) is 0.564. The van der Waals surface area contributed by atoms with Gasteiger partial charge in [0.05, 0.1) is 0 Å². The molecule has 118 valence electrons. The van der Waals surface area contributed by atoms with Gasteiger partial charge in [0.2, 0.25) is 5.16 Å². The topological polar surface area (TPSA) is 56.7 Å². The molecule has 0 bridgehead atoms. The summed E-state index contributed by atoms with van der Waals surface area (Å²) in [4.78, 5) is 0. The maximum absolute atomic E-state index is 13.0. The molecule has 0 amide bonds. The van der Waals surface area contributed by atoms with E-state index in [9.17, 15) is 4.39 Å². The number of thioether (sulfide) groups is 1. The van der Waals surface area contributed by atoms with Crippen molar-refractivity contribution in [2.75, 3.05) is 5.84 Å². The molecule has 1 unspecified atom stereocenters. The van der Waals surface area contributed by atoms with Crippen molar-refractivity contribution in [1.29, 1.82) is 0 Å². The van der Waals surface area contributed by atoms with Crippen molar-refractivity contribution in [3.05, 3.63) is 64.9 Å². The summed E-state index contributed by atoms with van der Waals surface area (Å²) in [5.41, 5.74) is 1.79. The van der Waals surface area contributed by atoms with E-state index in [0.29, 0.717) is 16.0 Å². The normalized spacial score (nSPS) is 12.3. The highest BCUT2D eigenvalue weighted by Crippen LogP contribution is 2.34. The Balaban J connectivity index is 1.83. The van der Waals surface area contributed by atoms with Gasteiger partial charge in [0.1, 0.15) is 5.82 Å². The Morgan fingerprint density at radius 2 is 1.91 bits per heavy atom. The van der Waals surface area contributed by atoms with Crippen LogP contribution in [-0.2, 0) is 0 Å². The number of nitrogen functional groups attached to an aromatic ring is 1. The predicted molar refractivity (Wildman–Crippen MR) is 91.3 cm³/mol. The Kier molecular flexibility index (Phi) is 4.54. The average Bonchev–Trinajstić information content (AvgIpc) is 2.89. The van der Waals surface area contributed by atoms with Gasteiger partial charge in [-0.15, -0.1) is 10.2 Å². The Labute approximate surface area is 142 Å². The van der Waals surface area contributed by atoms with Crippen LogP contribution >= 0.6 is 23.4 Å². The van der Waals surface area contributed by atoms with Crippen molar-refractivity contribution >= 4 is 23.4 Å². The van der Waals surface area contributed by atoms with Crippen LogP contribution in [0, 0.1) is 5.82 Å². The van der Waals surface area contributed by atoms with Crippen molar-refractivity contribution in [2.24, 2.45) is 0 Å². The second-order valence-electron chi connectivity index (χ2n) is 5.00. The summed E-state index contributed by atoms with van der Waals surface area (Å²) in [5.74, 6) is 6.39. The third-order valence-corrected chi connectivity index (χ3v) is 4.72.